The minimum Gasteiger partial charge on any atom is -0.312 e. The minimum absolute atomic E-state index is 0.00928. The van der Waals surface area contributed by atoms with Crippen LogP contribution >= 0.6 is 0 Å². The maximum absolute atomic E-state index is 12.7. The zero-order valence-electron chi connectivity index (χ0n) is 13.3. The summed E-state index contributed by atoms with van der Waals surface area (Å²) in [4.78, 5) is 12.7. The van der Waals surface area contributed by atoms with Gasteiger partial charge in [0.25, 0.3) is 5.56 Å². The topological polar surface area (TPSA) is 34.0 Å². The van der Waals surface area contributed by atoms with Gasteiger partial charge in [-0.25, -0.2) is 0 Å². The summed E-state index contributed by atoms with van der Waals surface area (Å²) in [5.74, 6) is 0. The van der Waals surface area contributed by atoms with Gasteiger partial charge in [-0.15, -0.1) is 0 Å². The number of hydrogen-bond acceptors (Lipinski definition) is 2. The molecule has 1 N–H and O–H groups in total. The van der Waals surface area contributed by atoms with Crippen molar-refractivity contribution in [1.82, 2.24) is 9.88 Å². The monoisotopic (exact) mass is 276 g/mol. The van der Waals surface area contributed by atoms with Crippen LogP contribution in [0.4, 0.5) is 0 Å². The van der Waals surface area contributed by atoms with Gasteiger partial charge in [-0.05, 0) is 25.3 Å². The van der Waals surface area contributed by atoms with Gasteiger partial charge in [-0.3, -0.25) is 4.79 Å². The van der Waals surface area contributed by atoms with Crippen LogP contribution in [-0.4, -0.2) is 10.6 Å². The first-order valence-electron chi connectivity index (χ1n) is 7.90. The molecule has 0 bridgehead atoms. The Bertz CT molecular complexity index is 507. The molecule has 0 saturated heterocycles. The summed E-state index contributed by atoms with van der Waals surface area (Å²) in [5.41, 5.74) is 2.25. The van der Waals surface area contributed by atoms with Crippen molar-refractivity contribution in [2.75, 3.05) is 0 Å². The van der Waals surface area contributed by atoms with Crippen molar-refractivity contribution < 1.29 is 0 Å². The van der Waals surface area contributed by atoms with Crippen molar-refractivity contribution in [3.8, 4) is 0 Å². The molecule has 2 rings (SSSR count). The number of aromatic nitrogens is 1. The minimum atomic E-state index is 0.00928. The van der Waals surface area contributed by atoms with Crippen LogP contribution in [0, 0.1) is 0 Å². The number of nitrogens with zero attached hydrogens (tertiary/aromatic N) is 1. The number of pyridine rings is 1. The first kappa shape index (κ1) is 15.3. The summed E-state index contributed by atoms with van der Waals surface area (Å²) in [5, 5.41) is 3.44. The SMILES string of the molecule is CCCCn1c(C(C)(C)C)ccc(CNC2CC2)c1=O. The van der Waals surface area contributed by atoms with Gasteiger partial charge in [0.05, 0.1) is 0 Å². The molecule has 1 fully saturated rings. The maximum atomic E-state index is 12.7. The highest BCUT2D eigenvalue weighted by atomic mass is 16.1. The zero-order valence-corrected chi connectivity index (χ0v) is 13.3. The fraction of sp³-hybridized carbons (Fsp3) is 0.706. The van der Waals surface area contributed by atoms with E-state index in [4.69, 9.17) is 0 Å². The maximum Gasteiger partial charge on any atom is 0.255 e. The zero-order chi connectivity index (χ0) is 14.8. The van der Waals surface area contributed by atoms with Gasteiger partial charge < -0.3 is 9.88 Å². The molecular formula is C17H28N2O. The summed E-state index contributed by atoms with van der Waals surface area (Å²) in [6.07, 6.45) is 4.68. The Morgan fingerprint density at radius 2 is 2.00 bits per heavy atom. The molecular weight excluding hydrogens is 248 g/mol. The third kappa shape index (κ3) is 3.72. The summed E-state index contributed by atoms with van der Waals surface area (Å²) >= 11 is 0. The van der Waals surface area contributed by atoms with E-state index in [1.54, 1.807) is 0 Å². The van der Waals surface area contributed by atoms with Crippen molar-refractivity contribution in [2.45, 2.75) is 77.9 Å². The van der Waals surface area contributed by atoms with E-state index < -0.39 is 0 Å². The molecule has 0 aromatic carbocycles. The molecule has 20 heavy (non-hydrogen) atoms. The van der Waals surface area contributed by atoms with Crippen molar-refractivity contribution >= 4 is 0 Å². The van der Waals surface area contributed by atoms with Crippen molar-refractivity contribution in [3.63, 3.8) is 0 Å². The summed E-state index contributed by atoms with van der Waals surface area (Å²) in [7, 11) is 0. The van der Waals surface area contributed by atoms with Crippen molar-refractivity contribution in [1.29, 1.82) is 0 Å². The second kappa shape index (κ2) is 6.13. The average Bonchev–Trinajstić information content (AvgIpc) is 3.18. The molecule has 1 aromatic rings. The number of nitrogens with one attached hydrogen (secondary N) is 1. The molecule has 0 unspecified atom stereocenters. The van der Waals surface area contributed by atoms with E-state index in [1.807, 2.05) is 10.6 Å². The fourth-order valence-electron chi connectivity index (χ4n) is 2.49. The van der Waals surface area contributed by atoms with Crippen LogP contribution in [0.15, 0.2) is 16.9 Å². The fourth-order valence-corrected chi connectivity index (χ4v) is 2.49. The van der Waals surface area contributed by atoms with Crippen molar-refractivity contribution in [3.05, 3.63) is 33.7 Å². The van der Waals surface area contributed by atoms with Crippen LogP contribution in [0.2, 0.25) is 0 Å². The Morgan fingerprint density at radius 1 is 1.30 bits per heavy atom. The van der Waals surface area contributed by atoms with Gasteiger partial charge >= 0.3 is 0 Å². The first-order valence-corrected chi connectivity index (χ1v) is 7.90. The van der Waals surface area contributed by atoms with Crippen LogP contribution in [0.3, 0.4) is 0 Å². The summed E-state index contributed by atoms with van der Waals surface area (Å²) in [6, 6.07) is 4.79. The highest BCUT2D eigenvalue weighted by Gasteiger charge is 2.22. The van der Waals surface area contributed by atoms with E-state index in [9.17, 15) is 4.79 Å². The molecule has 1 heterocycles. The Hall–Kier alpha value is -1.09. The molecule has 1 saturated carbocycles. The molecule has 3 nitrogen and oxygen atoms in total. The molecule has 3 heteroatoms. The number of hydrogen-bond donors (Lipinski definition) is 1. The predicted molar refractivity (Wildman–Crippen MR) is 84.2 cm³/mol. The predicted octanol–water partition coefficient (Wildman–Crippen LogP) is 3.20. The lowest BCUT2D eigenvalue weighted by Crippen LogP contribution is -2.33. The Labute approximate surface area is 122 Å². The van der Waals surface area contributed by atoms with Crippen LogP contribution in [0.25, 0.3) is 0 Å². The average molecular weight is 276 g/mol. The van der Waals surface area contributed by atoms with E-state index in [2.05, 4.69) is 39.1 Å². The summed E-state index contributed by atoms with van der Waals surface area (Å²) < 4.78 is 1.99. The molecule has 112 valence electrons. The van der Waals surface area contributed by atoms with Crippen LogP contribution in [-0.2, 0) is 18.5 Å². The normalized spacial score (nSPS) is 15.6. The molecule has 0 radical (unpaired) electrons. The van der Waals surface area contributed by atoms with Gasteiger partial charge in [0.1, 0.15) is 0 Å². The van der Waals surface area contributed by atoms with Gasteiger partial charge in [-0.2, -0.15) is 0 Å². The lowest BCUT2D eigenvalue weighted by molar-refractivity contribution is 0.485. The largest absolute Gasteiger partial charge is 0.312 e. The van der Waals surface area contributed by atoms with Crippen LogP contribution in [0.1, 0.15) is 64.6 Å². The van der Waals surface area contributed by atoms with E-state index in [-0.39, 0.29) is 11.0 Å². The second-order valence-corrected chi connectivity index (χ2v) is 6.96. The molecule has 0 amide bonds. The Kier molecular flexibility index (Phi) is 4.69. The quantitative estimate of drug-likeness (QED) is 0.865. The lowest BCUT2D eigenvalue weighted by atomic mass is 9.90. The van der Waals surface area contributed by atoms with Crippen LogP contribution in [0.5, 0.6) is 0 Å². The standard InChI is InChI=1S/C17H28N2O/c1-5-6-11-19-15(17(2,3)4)10-7-13(16(19)20)12-18-14-8-9-14/h7,10,14,18H,5-6,8-9,11-12H2,1-4H3. The smallest absolute Gasteiger partial charge is 0.255 e. The van der Waals surface area contributed by atoms with Crippen LogP contribution < -0.4 is 10.9 Å². The number of rotatable bonds is 6. The molecule has 1 aliphatic carbocycles. The van der Waals surface area contributed by atoms with E-state index in [1.165, 1.54) is 12.8 Å². The second-order valence-electron chi connectivity index (χ2n) is 6.96. The lowest BCUT2D eigenvalue weighted by Gasteiger charge is -2.25. The van der Waals surface area contributed by atoms with E-state index >= 15 is 0 Å². The third-order valence-corrected chi connectivity index (χ3v) is 3.92. The van der Waals surface area contributed by atoms with Gasteiger partial charge in [0.15, 0.2) is 0 Å². The number of unbranched alkanes of at least 4 members (excludes halogenated alkanes) is 1. The third-order valence-electron chi connectivity index (χ3n) is 3.92. The highest BCUT2D eigenvalue weighted by molar-refractivity contribution is 5.21. The molecule has 1 aliphatic rings. The molecule has 1 aromatic heterocycles. The molecule has 0 aliphatic heterocycles. The van der Waals surface area contributed by atoms with E-state index in [0.29, 0.717) is 12.6 Å². The van der Waals surface area contributed by atoms with Gasteiger partial charge in [0, 0.05) is 35.8 Å². The Morgan fingerprint density at radius 3 is 2.55 bits per heavy atom. The molecule has 0 spiro atoms. The Balaban J connectivity index is 2.29. The van der Waals surface area contributed by atoms with Gasteiger partial charge in [-0.1, -0.05) is 40.2 Å². The van der Waals surface area contributed by atoms with E-state index in [0.717, 1.165) is 30.6 Å². The summed E-state index contributed by atoms with van der Waals surface area (Å²) in [6.45, 7) is 10.2. The highest BCUT2D eigenvalue weighted by Crippen LogP contribution is 2.22. The first-order chi connectivity index (χ1) is 9.43. The molecule has 0 atom stereocenters. The van der Waals surface area contributed by atoms with Crippen molar-refractivity contribution in [2.24, 2.45) is 0 Å². The van der Waals surface area contributed by atoms with Gasteiger partial charge in [0.2, 0.25) is 0 Å².